The molecule has 776 valence electrons. The maximum absolute atomic E-state index is 12.9. The minimum absolute atomic E-state index is 0.0192. The SMILES string of the molecule is CNc1nc(CNS(=O)(=O)CC(C)C)nc2c1ncn2[C@@H]1O[C@H](CO)[C@@H](O)[C@H]1O.CNc1nc(CNS(=O)(=O)CCN(C(C)C)C2CCCC2)nc2c1ncn2[C@@H]1O[C@H](CO)[C@@H](O)[C@H]1O.O=S(=O)(NCc1nc(NCCc2ccccc2)c2ncn([C@@H]3O[C@H](CO)[C@@H](O)[C@H]3O)c2n1)c1ccccc1.O=S(=O)(NCc1nc(NCc2cccc3ccccc23)c2ncn([C@@H]3O[C@H](CO)[C@@H](O)[C@H]3O)c2n1)c1ccccc1. The number of aromatic nitrogens is 16. The van der Waals surface area contributed by atoms with Gasteiger partial charge >= 0.3 is 0 Å². The maximum Gasteiger partial charge on any atom is 0.240 e. The summed E-state index contributed by atoms with van der Waals surface area (Å²) < 4.78 is 139. The second-order valence-corrected chi connectivity index (χ2v) is 42.8. The first kappa shape index (κ1) is 107. The summed E-state index contributed by atoms with van der Waals surface area (Å²) in [5.74, 6) is 2.12. The van der Waals surface area contributed by atoms with Crippen molar-refractivity contribution in [1.29, 1.82) is 0 Å². The lowest BCUT2D eigenvalue weighted by Crippen LogP contribution is -2.43. The average molecular weight is 2080 g/mol. The van der Waals surface area contributed by atoms with Crippen molar-refractivity contribution in [2.45, 2.75) is 213 Å². The number of hydrogen-bond donors (Lipinski definition) is 20. The van der Waals surface area contributed by atoms with Gasteiger partial charge in [0.05, 0.1) is 99.2 Å². The van der Waals surface area contributed by atoms with Crippen LogP contribution in [-0.2, 0) is 98.2 Å². The van der Waals surface area contributed by atoms with E-state index in [1.165, 1.54) is 80.7 Å². The summed E-state index contributed by atoms with van der Waals surface area (Å²) in [6.45, 7) is 6.61. The highest BCUT2D eigenvalue weighted by Gasteiger charge is 2.49. The van der Waals surface area contributed by atoms with Crippen LogP contribution in [0.25, 0.3) is 55.4 Å². The Kier molecular flexibility index (Phi) is 35.0. The van der Waals surface area contributed by atoms with Crippen LogP contribution in [0.15, 0.2) is 169 Å². The van der Waals surface area contributed by atoms with E-state index in [9.17, 15) is 94.9 Å². The Morgan fingerprint density at radius 3 is 1.12 bits per heavy atom. The summed E-state index contributed by atoms with van der Waals surface area (Å²) in [6, 6.07) is 40.5. The van der Waals surface area contributed by atoms with E-state index < -0.39 is 165 Å². The quantitative estimate of drug-likeness (QED) is 0.0248. The molecule has 12 heterocycles. The van der Waals surface area contributed by atoms with Crippen molar-refractivity contribution in [3.63, 3.8) is 0 Å². The van der Waals surface area contributed by atoms with E-state index in [2.05, 4.69) is 119 Å². The van der Waals surface area contributed by atoms with Crippen molar-refractivity contribution in [3.05, 3.63) is 193 Å². The van der Waals surface area contributed by atoms with Gasteiger partial charge in [-0.15, -0.1) is 0 Å². The first-order valence-electron chi connectivity index (χ1n) is 46.6. The average Bonchev–Trinajstić information content (AvgIpc) is 1.62. The van der Waals surface area contributed by atoms with Crippen molar-refractivity contribution in [3.8, 4) is 0 Å². The predicted molar refractivity (Wildman–Crippen MR) is 523 cm³/mol. The molecule has 53 heteroatoms. The molecule has 4 aliphatic heterocycles. The van der Waals surface area contributed by atoms with E-state index in [4.69, 9.17) is 18.9 Å². The van der Waals surface area contributed by atoms with Crippen LogP contribution in [0.3, 0.4) is 0 Å². The predicted octanol–water partition coefficient (Wildman–Crippen LogP) is 0.359. The van der Waals surface area contributed by atoms with Gasteiger partial charge in [0.25, 0.3) is 0 Å². The van der Waals surface area contributed by atoms with E-state index in [0.29, 0.717) is 83.1 Å². The Bertz CT molecular complexity index is 7010. The molecule has 0 amide bonds. The topological polar surface area (TPSA) is 690 Å². The Morgan fingerprint density at radius 2 is 0.743 bits per heavy atom. The standard InChI is InChI=1S/C28H28N6O6S.C25H28N6O6S.C22H37N7O6S.C16H26N6O6S/c35-15-21-24(36)25(37)28(40-21)34-16-30-23-26(29-13-18-9-6-8-17-7-4-5-12-20(17)18)32-22(33-27(23)34)14-31-41(38,39)19-10-2-1-3-11-19;32-14-18-21(33)22(34)25(37-18)31-15-27-20-23(26-12-11-16-7-3-1-4-8-16)29-19(30-24(20)31)13-28-38(35,36)17-9-5-2-6-10-17;1-13(2)28(14-6-4-5-7-14)8-9-36(33,34)25-10-16-26-20(23-3)17-21(27-16)29(12-24-17)22-19(32)18(31)15(11-30)35-22;1-8(2)6-29(26,27)19-4-10-20-14(17-3)11-15(21-10)22(7-18-11)16-13(25)12(24)9(5-23)28-16/h1-12,16,21,24-25,28,31,35-37H,13-15H2,(H,29,32,33);1-10,15,18,21-22,25,28,32-34H,11-14H2,(H,26,29,30);12-15,18-19,22,25,30-32H,4-11H2,1-3H3,(H,23,26,27);7-9,12-13,16,19,23-25H,4-6H2,1-3H3,(H,17,20,21)/t21-,24-,25-,28-;18-,21-,22-,25-;15-,18-,19-,22-;9-,12-,13-,16-/m1111/s1. The number of sulfonamides is 4. The Labute approximate surface area is 827 Å². The monoisotopic (exact) mass is 2070 g/mol. The lowest BCUT2D eigenvalue weighted by molar-refractivity contribution is -0.0511. The molecule has 4 saturated heterocycles. The van der Waals surface area contributed by atoms with E-state index >= 15 is 0 Å². The third-order valence-electron chi connectivity index (χ3n) is 24.9. The molecule has 0 unspecified atom stereocenters. The fourth-order valence-corrected chi connectivity index (χ4v) is 21.8. The van der Waals surface area contributed by atoms with Crippen molar-refractivity contribution >= 4 is 119 Å². The minimum Gasteiger partial charge on any atom is -0.394 e. The zero-order chi connectivity index (χ0) is 103. The highest BCUT2D eigenvalue weighted by molar-refractivity contribution is 7.90. The highest BCUT2D eigenvalue weighted by Crippen LogP contribution is 2.39. The van der Waals surface area contributed by atoms with Crippen LogP contribution < -0.4 is 40.2 Å². The Morgan fingerprint density at radius 1 is 0.396 bits per heavy atom. The smallest absolute Gasteiger partial charge is 0.240 e. The van der Waals surface area contributed by atoms with Crippen LogP contribution in [0.1, 0.15) is 113 Å². The summed E-state index contributed by atoms with van der Waals surface area (Å²) in [5, 5.41) is 135. The van der Waals surface area contributed by atoms with E-state index in [-0.39, 0.29) is 99.7 Å². The van der Waals surface area contributed by atoms with Gasteiger partial charge in [-0.1, -0.05) is 136 Å². The van der Waals surface area contributed by atoms with Crippen LogP contribution in [-0.4, -0.2) is 328 Å². The van der Waals surface area contributed by atoms with Crippen LogP contribution in [0.2, 0.25) is 0 Å². The molecule has 0 bridgehead atoms. The van der Waals surface area contributed by atoms with Gasteiger partial charge in [-0.3, -0.25) is 23.2 Å². The summed E-state index contributed by atoms with van der Waals surface area (Å²) in [6.07, 6.45) is -7.62. The summed E-state index contributed by atoms with van der Waals surface area (Å²) in [7, 11) is -11.4. The zero-order valence-corrected chi connectivity index (χ0v) is 82.5. The normalized spacial score (nSPS) is 23.2. The largest absolute Gasteiger partial charge is 0.394 e. The van der Waals surface area contributed by atoms with Gasteiger partial charge in [0.2, 0.25) is 40.1 Å². The molecule has 5 aliphatic rings. The number of benzene rings is 5. The zero-order valence-electron chi connectivity index (χ0n) is 79.2. The number of fused-ring (bicyclic) bond motifs is 5. The summed E-state index contributed by atoms with van der Waals surface area (Å²) in [4.78, 5) is 55.5. The van der Waals surface area contributed by atoms with Gasteiger partial charge in [0.15, 0.2) is 92.8 Å². The van der Waals surface area contributed by atoms with Crippen LogP contribution in [0, 0.1) is 5.92 Å². The Hall–Kier alpha value is -11.3. The van der Waals surface area contributed by atoms with Crippen molar-refractivity contribution in [1.82, 2.24) is 102 Å². The molecule has 16 atom stereocenters. The van der Waals surface area contributed by atoms with Crippen molar-refractivity contribution in [2.24, 2.45) is 5.92 Å². The number of anilines is 4. The van der Waals surface area contributed by atoms with Crippen LogP contribution in [0.4, 0.5) is 23.3 Å². The van der Waals surface area contributed by atoms with E-state index in [0.717, 1.165) is 34.7 Å². The van der Waals surface area contributed by atoms with E-state index in [1.54, 1.807) is 64.3 Å². The highest BCUT2D eigenvalue weighted by atomic mass is 32.2. The molecular formula is C91H119N25O24S4. The van der Waals surface area contributed by atoms with Crippen LogP contribution in [0.5, 0.6) is 0 Å². The first-order valence-corrected chi connectivity index (χ1v) is 52.9. The van der Waals surface area contributed by atoms with Gasteiger partial charge in [0.1, 0.15) is 96.5 Å². The van der Waals surface area contributed by atoms with Gasteiger partial charge < -0.3 is 101 Å². The first-order chi connectivity index (χ1) is 69.0. The molecular weight excluding hydrogens is 1960 g/mol. The molecule has 8 aromatic heterocycles. The molecule has 144 heavy (non-hydrogen) atoms. The van der Waals surface area contributed by atoms with Crippen molar-refractivity contribution in [2.75, 3.05) is 86.4 Å². The molecule has 0 spiro atoms. The fourth-order valence-electron chi connectivity index (χ4n) is 17.5. The molecule has 1 aliphatic carbocycles. The molecule has 20 N–H and O–H groups in total. The molecule has 1 saturated carbocycles. The third kappa shape index (κ3) is 24.7. The minimum atomic E-state index is -3.84. The summed E-state index contributed by atoms with van der Waals surface area (Å²) in [5.41, 5.74) is 4.77. The number of nitrogens with one attached hydrogen (secondary N) is 8. The molecule has 0 radical (unpaired) electrons. The van der Waals surface area contributed by atoms with E-state index in [1.807, 2.05) is 72.8 Å². The number of hydrogen-bond acceptors (Lipinski definition) is 41. The lowest BCUT2D eigenvalue weighted by Gasteiger charge is -2.32. The number of nitrogens with zero attached hydrogens (tertiary/aromatic N) is 17. The number of aliphatic hydroxyl groups excluding tert-OH is 12. The second kappa shape index (κ2) is 47.0. The lowest BCUT2D eigenvalue weighted by atomic mass is 10.0. The van der Waals surface area contributed by atoms with Crippen molar-refractivity contribution < 1.29 is 114 Å². The second-order valence-electron chi connectivity index (χ2n) is 35.5. The van der Waals surface area contributed by atoms with Gasteiger partial charge in [0, 0.05) is 45.8 Å². The van der Waals surface area contributed by atoms with Crippen LogP contribution >= 0.6 is 0 Å². The molecule has 49 nitrogen and oxygen atoms in total. The maximum atomic E-state index is 12.9. The molecule has 5 fully saturated rings. The molecule has 5 aromatic carbocycles. The number of ether oxygens (including phenoxy) is 4. The molecule has 18 rings (SSSR count). The summed E-state index contributed by atoms with van der Waals surface area (Å²) >= 11 is 0. The fraction of sp³-hybridized carbons (Fsp3) is 0.473. The Balaban J connectivity index is 0.000000146. The van der Waals surface area contributed by atoms with Gasteiger partial charge in [-0.05, 0) is 85.2 Å². The van der Waals surface area contributed by atoms with Gasteiger partial charge in [-0.25, -0.2) is 112 Å². The number of rotatable bonds is 38. The number of imidazole rings is 4. The van der Waals surface area contributed by atoms with Gasteiger partial charge in [-0.2, -0.15) is 0 Å². The molecule has 13 aromatic rings. The number of aliphatic hydroxyl groups is 12. The third-order valence-corrected chi connectivity index (χ3v) is 30.7.